The van der Waals surface area contributed by atoms with Crippen LogP contribution in [0.15, 0.2) is 30.3 Å². The zero-order valence-corrected chi connectivity index (χ0v) is 18.8. The Hall–Kier alpha value is -2.19. The Morgan fingerprint density at radius 2 is 1.84 bits per heavy atom. The van der Waals surface area contributed by atoms with Gasteiger partial charge >= 0.3 is 0 Å². The highest BCUT2D eigenvalue weighted by molar-refractivity contribution is 7.93. The first-order chi connectivity index (χ1) is 14.9. The van der Waals surface area contributed by atoms with Gasteiger partial charge in [0.15, 0.2) is 15.7 Å². The molecular formula is C23H30N4O3S. The van der Waals surface area contributed by atoms with Crippen molar-refractivity contribution in [1.29, 1.82) is 0 Å². The van der Waals surface area contributed by atoms with Gasteiger partial charge < -0.3 is 15.4 Å². The van der Waals surface area contributed by atoms with Crippen molar-refractivity contribution in [3.63, 3.8) is 0 Å². The van der Waals surface area contributed by atoms with Crippen LogP contribution in [0.2, 0.25) is 0 Å². The molecule has 166 valence electrons. The molecule has 2 aliphatic carbocycles. The number of hydrogen-bond acceptors (Lipinski definition) is 7. The number of nitrogen functional groups attached to an aromatic ring is 1. The molecule has 3 aliphatic rings. The first-order valence-electron chi connectivity index (χ1n) is 11.2. The molecule has 1 saturated heterocycles. The van der Waals surface area contributed by atoms with Gasteiger partial charge in [0.1, 0.15) is 10.6 Å². The number of morpholine rings is 1. The fraction of sp³-hybridized carbons (Fsp3) is 0.565. The van der Waals surface area contributed by atoms with Gasteiger partial charge in [0.2, 0.25) is 0 Å². The second kappa shape index (κ2) is 7.74. The monoisotopic (exact) mass is 442 g/mol. The summed E-state index contributed by atoms with van der Waals surface area (Å²) in [5, 5.41) is -0.216. The van der Waals surface area contributed by atoms with Crippen molar-refractivity contribution in [2.75, 3.05) is 30.4 Å². The third kappa shape index (κ3) is 3.59. The summed E-state index contributed by atoms with van der Waals surface area (Å²) in [4.78, 5) is 12.0. The van der Waals surface area contributed by atoms with Crippen LogP contribution in [0.5, 0.6) is 0 Å². The first-order valence-corrected chi connectivity index (χ1v) is 12.8. The van der Waals surface area contributed by atoms with Crippen LogP contribution < -0.4 is 10.6 Å². The molecule has 2 heterocycles. The molecule has 8 heteroatoms. The van der Waals surface area contributed by atoms with E-state index in [1.54, 1.807) is 0 Å². The van der Waals surface area contributed by atoms with Crippen molar-refractivity contribution in [3.05, 3.63) is 36.0 Å². The number of anilines is 2. The van der Waals surface area contributed by atoms with E-state index in [9.17, 15) is 8.42 Å². The minimum Gasteiger partial charge on any atom is -0.399 e. The number of rotatable bonds is 5. The summed E-state index contributed by atoms with van der Waals surface area (Å²) < 4.78 is 32.0. The lowest BCUT2D eigenvalue weighted by molar-refractivity contribution is 0.0985. The van der Waals surface area contributed by atoms with Gasteiger partial charge in [-0.15, -0.1) is 0 Å². The summed E-state index contributed by atoms with van der Waals surface area (Å²) in [6.07, 6.45) is 4.65. The molecule has 0 bridgehead atoms. The van der Waals surface area contributed by atoms with Crippen LogP contribution in [0.25, 0.3) is 11.4 Å². The molecule has 1 aromatic heterocycles. The van der Waals surface area contributed by atoms with Crippen molar-refractivity contribution in [1.82, 2.24) is 9.97 Å². The van der Waals surface area contributed by atoms with Crippen molar-refractivity contribution >= 4 is 21.3 Å². The summed E-state index contributed by atoms with van der Waals surface area (Å²) in [6.45, 7) is 4.09. The molecule has 2 saturated carbocycles. The van der Waals surface area contributed by atoms with E-state index in [1.807, 2.05) is 30.3 Å². The third-order valence-corrected chi connectivity index (χ3v) is 9.99. The Morgan fingerprint density at radius 3 is 2.48 bits per heavy atom. The summed E-state index contributed by atoms with van der Waals surface area (Å²) in [5.74, 6) is 1.34. The third-order valence-electron chi connectivity index (χ3n) is 6.93. The topological polar surface area (TPSA) is 98.4 Å². The van der Waals surface area contributed by atoms with Crippen LogP contribution in [0.1, 0.15) is 51.1 Å². The van der Waals surface area contributed by atoms with Crippen molar-refractivity contribution in [3.8, 4) is 11.4 Å². The predicted octanol–water partition coefficient (Wildman–Crippen LogP) is 3.30. The lowest BCUT2D eigenvalue weighted by Gasteiger charge is -2.36. The molecule has 2 N–H and O–H groups in total. The van der Waals surface area contributed by atoms with Gasteiger partial charge in [0.05, 0.1) is 30.2 Å². The summed E-state index contributed by atoms with van der Waals surface area (Å²) in [7, 11) is -3.30. The van der Waals surface area contributed by atoms with Crippen LogP contribution in [0.3, 0.4) is 0 Å². The van der Waals surface area contributed by atoms with E-state index in [0.717, 1.165) is 43.6 Å². The van der Waals surface area contributed by atoms with E-state index in [1.165, 1.54) is 0 Å². The Balaban J connectivity index is 1.68. The van der Waals surface area contributed by atoms with Crippen molar-refractivity contribution in [2.45, 2.75) is 61.5 Å². The van der Waals surface area contributed by atoms with Gasteiger partial charge in [-0.05, 0) is 56.9 Å². The van der Waals surface area contributed by atoms with Gasteiger partial charge in [0, 0.05) is 23.9 Å². The van der Waals surface area contributed by atoms with Gasteiger partial charge in [0.25, 0.3) is 0 Å². The molecule has 3 fully saturated rings. The predicted molar refractivity (Wildman–Crippen MR) is 122 cm³/mol. The summed E-state index contributed by atoms with van der Waals surface area (Å²) in [5.41, 5.74) is 8.05. The maximum atomic E-state index is 13.7. The average Bonchev–Trinajstić information content (AvgIpc) is 3.51. The number of aromatic nitrogens is 2. The molecule has 2 aromatic rings. The van der Waals surface area contributed by atoms with E-state index in [-0.39, 0.29) is 11.3 Å². The average molecular weight is 443 g/mol. The lowest BCUT2D eigenvalue weighted by Crippen LogP contribution is -2.44. The van der Waals surface area contributed by atoms with Crippen LogP contribution in [0, 0.1) is 0 Å². The van der Waals surface area contributed by atoms with Gasteiger partial charge in [-0.25, -0.2) is 18.4 Å². The zero-order chi connectivity index (χ0) is 21.6. The van der Waals surface area contributed by atoms with Crippen LogP contribution in [-0.4, -0.2) is 49.4 Å². The lowest BCUT2D eigenvalue weighted by atomic mass is 10.0. The highest BCUT2D eigenvalue weighted by Gasteiger charge is 2.55. The van der Waals surface area contributed by atoms with E-state index in [4.69, 9.17) is 20.4 Å². The molecule has 1 atom stereocenters. The fourth-order valence-electron chi connectivity index (χ4n) is 4.97. The van der Waals surface area contributed by atoms with E-state index in [2.05, 4.69) is 11.8 Å². The Morgan fingerprint density at radius 1 is 1.13 bits per heavy atom. The van der Waals surface area contributed by atoms with Crippen LogP contribution in [0.4, 0.5) is 11.5 Å². The van der Waals surface area contributed by atoms with Crippen molar-refractivity contribution < 1.29 is 13.2 Å². The number of ether oxygens (including phenoxy) is 1. The van der Waals surface area contributed by atoms with Gasteiger partial charge in [-0.2, -0.15) is 0 Å². The standard InChI is InChI=1S/C23H30N4O3S/c1-16-15-30-13-12-27(16)21-14-20(25-22(26-21)17-4-6-18(24)7-5-17)23(10-2-3-11-23)31(28,29)19-8-9-19/h4-7,14,16,19H,2-3,8-13,15,24H2,1H3/t16-/m0/s1. The smallest absolute Gasteiger partial charge is 0.164 e. The van der Waals surface area contributed by atoms with E-state index < -0.39 is 14.6 Å². The molecule has 0 spiro atoms. The van der Waals surface area contributed by atoms with Crippen LogP contribution in [-0.2, 0) is 19.3 Å². The first kappa shape index (κ1) is 20.7. The molecule has 0 radical (unpaired) electrons. The Kier molecular flexibility index (Phi) is 5.17. The minimum absolute atomic E-state index is 0.162. The van der Waals surface area contributed by atoms with Crippen molar-refractivity contribution in [2.24, 2.45) is 0 Å². The Bertz CT molecular complexity index is 1060. The zero-order valence-electron chi connectivity index (χ0n) is 18.0. The van der Waals surface area contributed by atoms with Gasteiger partial charge in [-0.3, -0.25) is 0 Å². The van der Waals surface area contributed by atoms with E-state index >= 15 is 0 Å². The number of nitrogens with two attached hydrogens (primary N) is 1. The summed E-state index contributed by atoms with van der Waals surface area (Å²) >= 11 is 0. The number of hydrogen-bond donors (Lipinski definition) is 1. The highest BCUT2D eigenvalue weighted by Crippen LogP contribution is 2.51. The molecular weight excluding hydrogens is 412 g/mol. The Labute approximate surface area is 183 Å². The van der Waals surface area contributed by atoms with Crippen LogP contribution >= 0.6 is 0 Å². The minimum atomic E-state index is -3.30. The molecule has 5 rings (SSSR count). The molecule has 1 aromatic carbocycles. The maximum Gasteiger partial charge on any atom is 0.164 e. The second-order valence-corrected chi connectivity index (χ2v) is 11.7. The number of benzene rings is 1. The summed E-state index contributed by atoms with van der Waals surface area (Å²) in [6, 6.07) is 9.56. The SMILES string of the molecule is C[C@H]1COCCN1c1cc(C2(S(=O)(=O)C3CC3)CCCC2)nc(-c2ccc(N)cc2)n1. The normalized spacial score (nSPS) is 23.8. The quantitative estimate of drug-likeness (QED) is 0.710. The molecule has 31 heavy (non-hydrogen) atoms. The molecule has 0 unspecified atom stereocenters. The van der Waals surface area contributed by atoms with Gasteiger partial charge in [-0.1, -0.05) is 12.8 Å². The highest BCUT2D eigenvalue weighted by atomic mass is 32.2. The number of nitrogens with zero attached hydrogens (tertiary/aromatic N) is 3. The van der Waals surface area contributed by atoms with E-state index in [0.29, 0.717) is 43.3 Å². The maximum absolute atomic E-state index is 13.7. The molecule has 0 amide bonds. The number of sulfone groups is 1. The molecule has 1 aliphatic heterocycles. The second-order valence-electron chi connectivity index (χ2n) is 9.12. The largest absolute Gasteiger partial charge is 0.399 e. The fourth-order valence-corrected chi connectivity index (χ4v) is 7.62. The molecule has 7 nitrogen and oxygen atoms in total.